The largest absolute Gasteiger partial charge is 0.483 e. The number of nitrogens with zero attached hydrogens (tertiary/aromatic N) is 3. The third-order valence-electron chi connectivity index (χ3n) is 5.37. The monoisotopic (exact) mass is 570 g/mol. The number of ether oxygens (including phenoxy) is 2. The van der Waals surface area contributed by atoms with Crippen LogP contribution in [0.1, 0.15) is 79.1 Å². The van der Waals surface area contributed by atoms with Gasteiger partial charge in [-0.1, -0.05) is 39.5 Å². The van der Waals surface area contributed by atoms with Crippen LogP contribution in [0.4, 0.5) is 0 Å². The quantitative estimate of drug-likeness (QED) is 0.176. The topological polar surface area (TPSA) is 122 Å². The number of carboxylic acid groups (broad SMARTS) is 1. The molecule has 3 aromatic rings. The first-order valence-corrected chi connectivity index (χ1v) is 13.9. The fourth-order valence-corrected chi connectivity index (χ4v) is 3.83. The molecule has 0 aliphatic heterocycles. The third kappa shape index (κ3) is 13.5. The van der Waals surface area contributed by atoms with E-state index in [1.165, 1.54) is 23.6 Å². The van der Waals surface area contributed by atoms with Gasteiger partial charge in [-0.3, -0.25) is 9.59 Å². The predicted molar refractivity (Wildman–Crippen MR) is 168 cm³/mol. The summed E-state index contributed by atoms with van der Waals surface area (Å²) in [7, 11) is 0. The van der Waals surface area contributed by atoms with Gasteiger partial charge in [0.25, 0.3) is 6.47 Å². The predicted octanol–water partition coefficient (Wildman–Crippen LogP) is 6.68. The molecule has 0 aliphatic carbocycles. The Kier molecular flexibility index (Phi) is 16.9. The number of esters is 1. The average molecular weight is 571 g/mol. The fourth-order valence-electron chi connectivity index (χ4n) is 3.83. The van der Waals surface area contributed by atoms with Crippen LogP contribution in [-0.4, -0.2) is 50.1 Å². The minimum Gasteiger partial charge on any atom is -0.483 e. The van der Waals surface area contributed by atoms with E-state index < -0.39 is 0 Å². The maximum absolute atomic E-state index is 10.2. The van der Waals surface area contributed by atoms with Gasteiger partial charge in [0.15, 0.2) is 0 Å². The van der Waals surface area contributed by atoms with Crippen molar-refractivity contribution in [3.63, 3.8) is 0 Å². The maximum Gasteiger partial charge on any atom is 0.303 e. The standard InChI is InChI=1S/C23H30N4O.C6H12O2.C2H6.CH2O2/c1-6-21-13-25-27(19(21)5)18(4)11-17(3)26-10-9-22-8-7-20(12-23(22)26)15-28-14-16(2)24;1-5(7)8-6(2,3)4;1-2;2-1-3/h7-13,16H,3,6,14-15,24H2,1-2,4-5H3;1-4H3;1-2H3;1H,(H,2,3)/b18-11-;;;. The number of rotatable bonds is 8. The number of fused-ring (bicyclic) bond motifs is 1. The van der Waals surface area contributed by atoms with Gasteiger partial charge in [-0.2, -0.15) is 5.10 Å². The van der Waals surface area contributed by atoms with Gasteiger partial charge in [0.1, 0.15) is 5.60 Å². The lowest BCUT2D eigenvalue weighted by atomic mass is 10.2. The highest BCUT2D eigenvalue weighted by Crippen LogP contribution is 2.23. The Hall–Kier alpha value is -3.69. The SMILES string of the molecule is C=C(/C=C(/C)n1ncc(CC)c1C)n1ccc2ccc(COCC(C)N)cc21.CC.CC(=O)OC(C)(C)C.O=CO. The fraction of sp³-hybridized carbons (Fsp3) is 0.469. The van der Waals surface area contributed by atoms with Crippen molar-refractivity contribution in [1.29, 1.82) is 0 Å². The van der Waals surface area contributed by atoms with Gasteiger partial charge >= 0.3 is 5.97 Å². The number of hydrogen-bond donors (Lipinski definition) is 2. The molecule has 228 valence electrons. The number of aromatic nitrogens is 3. The molecule has 0 bridgehead atoms. The number of allylic oxidation sites excluding steroid dienone is 3. The van der Waals surface area contributed by atoms with Gasteiger partial charge in [-0.25, -0.2) is 4.68 Å². The second-order valence-electron chi connectivity index (χ2n) is 10.2. The highest BCUT2D eigenvalue weighted by molar-refractivity contribution is 5.85. The van der Waals surface area contributed by atoms with Crippen LogP contribution in [-0.2, 0) is 32.1 Å². The molecular formula is C32H50N4O5. The molecule has 0 aliphatic rings. The van der Waals surface area contributed by atoms with Crippen LogP contribution in [0.15, 0.2) is 49.3 Å². The summed E-state index contributed by atoms with van der Waals surface area (Å²) in [5.74, 6) is -0.225. The minimum atomic E-state index is -0.328. The zero-order chi connectivity index (χ0) is 31.8. The number of benzene rings is 1. The van der Waals surface area contributed by atoms with Crippen molar-refractivity contribution in [2.75, 3.05) is 6.61 Å². The molecule has 2 aromatic heterocycles. The zero-order valence-electron chi connectivity index (χ0n) is 26.5. The van der Waals surface area contributed by atoms with Crippen LogP contribution in [0.2, 0.25) is 0 Å². The minimum absolute atomic E-state index is 0.0412. The van der Waals surface area contributed by atoms with Crippen LogP contribution in [0.3, 0.4) is 0 Å². The van der Waals surface area contributed by atoms with Crippen LogP contribution >= 0.6 is 0 Å². The highest BCUT2D eigenvalue weighted by Gasteiger charge is 2.12. The first-order valence-electron chi connectivity index (χ1n) is 13.9. The van der Waals surface area contributed by atoms with Gasteiger partial charge in [0, 0.05) is 36.3 Å². The number of hydrogen-bond acceptors (Lipinski definition) is 6. The number of aryl methyl sites for hydroxylation is 1. The molecule has 3 rings (SSSR count). The summed E-state index contributed by atoms with van der Waals surface area (Å²) < 4.78 is 14.6. The van der Waals surface area contributed by atoms with Crippen molar-refractivity contribution in [3.8, 4) is 0 Å². The van der Waals surface area contributed by atoms with Gasteiger partial charge in [0.2, 0.25) is 0 Å². The van der Waals surface area contributed by atoms with Gasteiger partial charge in [0.05, 0.1) is 24.9 Å². The summed E-state index contributed by atoms with van der Waals surface area (Å²) in [5.41, 5.74) is 12.0. The lowest BCUT2D eigenvalue weighted by Gasteiger charge is -2.17. The van der Waals surface area contributed by atoms with E-state index in [2.05, 4.69) is 73.6 Å². The summed E-state index contributed by atoms with van der Waals surface area (Å²) in [6.45, 7) is 24.3. The molecule has 2 heterocycles. The molecule has 0 saturated heterocycles. The number of carbonyl (C=O) groups is 2. The second kappa shape index (κ2) is 18.6. The molecule has 0 amide bonds. The molecule has 9 nitrogen and oxygen atoms in total. The molecule has 0 radical (unpaired) electrons. The molecular weight excluding hydrogens is 520 g/mol. The lowest BCUT2D eigenvalue weighted by molar-refractivity contribution is -0.151. The Bertz CT molecular complexity index is 1260. The summed E-state index contributed by atoms with van der Waals surface area (Å²) in [6, 6.07) is 8.51. The summed E-state index contributed by atoms with van der Waals surface area (Å²) in [4.78, 5) is 18.6. The average Bonchev–Trinajstić information content (AvgIpc) is 3.47. The molecule has 9 heteroatoms. The van der Waals surface area contributed by atoms with E-state index in [0.29, 0.717) is 13.2 Å². The normalized spacial score (nSPS) is 11.6. The Morgan fingerprint density at radius 2 is 1.83 bits per heavy atom. The van der Waals surface area contributed by atoms with E-state index in [1.54, 1.807) is 0 Å². The molecule has 3 N–H and O–H groups in total. The van der Waals surface area contributed by atoms with Crippen LogP contribution in [0.25, 0.3) is 22.3 Å². The first kappa shape index (κ1) is 37.3. The van der Waals surface area contributed by atoms with Crippen molar-refractivity contribution in [1.82, 2.24) is 14.3 Å². The summed E-state index contributed by atoms with van der Waals surface area (Å²) >= 11 is 0. The van der Waals surface area contributed by atoms with Crippen molar-refractivity contribution >= 4 is 34.7 Å². The third-order valence-corrected chi connectivity index (χ3v) is 5.37. The highest BCUT2D eigenvalue weighted by atomic mass is 16.6. The molecule has 1 atom stereocenters. The molecule has 1 aromatic carbocycles. The molecule has 0 spiro atoms. The zero-order valence-corrected chi connectivity index (χ0v) is 26.5. The Morgan fingerprint density at radius 1 is 1.22 bits per heavy atom. The van der Waals surface area contributed by atoms with Crippen molar-refractivity contribution < 1.29 is 24.2 Å². The molecule has 0 saturated carbocycles. The van der Waals surface area contributed by atoms with Crippen molar-refractivity contribution in [2.24, 2.45) is 5.73 Å². The summed E-state index contributed by atoms with van der Waals surface area (Å²) in [5, 5.41) is 12.6. The van der Waals surface area contributed by atoms with E-state index in [9.17, 15) is 4.79 Å². The van der Waals surface area contributed by atoms with Crippen molar-refractivity contribution in [3.05, 3.63) is 66.1 Å². The number of nitrogens with two attached hydrogens (primary N) is 1. The van der Waals surface area contributed by atoms with Crippen LogP contribution < -0.4 is 5.73 Å². The summed E-state index contributed by atoms with van der Waals surface area (Å²) in [6.07, 6.45) is 7.04. The first-order chi connectivity index (χ1) is 19.2. The Morgan fingerprint density at radius 3 is 2.29 bits per heavy atom. The number of carbonyl (C=O) groups excluding carboxylic acids is 1. The van der Waals surface area contributed by atoms with Gasteiger partial charge < -0.3 is 24.9 Å². The van der Waals surface area contributed by atoms with E-state index >= 15 is 0 Å². The molecule has 0 fully saturated rings. The maximum atomic E-state index is 10.2. The molecule has 41 heavy (non-hydrogen) atoms. The van der Waals surface area contributed by atoms with Crippen LogP contribution in [0.5, 0.6) is 0 Å². The Labute approximate surface area is 245 Å². The van der Waals surface area contributed by atoms with Crippen molar-refractivity contribution in [2.45, 2.75) is 93.9 Å². The van der Waals surface area contributed by atoms with Gasteiger partial charge in [-0.05, 0) is 82.7 Å². The lowest BCUT2D eigenvalue weighted by Crippen LogP contribution is -2.21. The van der Waals surface area contributed by atoms with E-state index in [0.717, 1.165) is 28.9 Å². The van der Waals surface area contributed by atoms with E-state index in [1.807, 2.05) is 52.4 Å². The second-order valence-corrected chi connectivity index (χ2v) is 10.2. The smallest absolute Gasteiger partial charge is 0.303 e. The van der Waals surface area contributed by atoms with E-state index in [-0.39, 0.29) is 24.1 Å². The molecule has 1 unspecified atom stereocenters. The Balaban J connectivity index is 0.00000104. The van der Waals surface area contributed by atoms with Crippen LogP contribution in [0, 0.1) is 6.92 Å². The van der Waals surface area contributed by atoms with Gasteiger partial charge in [-0.15, -0.1) is 0 Å². The van der Waals surface area contributed by atoms with E-state index in [4.69, 9.17) is 25.1 Å².